The highest BCUT2D eigenvalue weighted by molar-refractivity contribution is 7.78. The van der Waals surface area contributed by atoms with Crippen LogP contribution in [0.15, 0.2) is 77.8 Å². The van der Waals surface area contributed by atoms with Crippen molar-refractivity contribution in [1.82, 2.24) is 0 Å². The summed E-state index contributed by atoms with van der Waals surface area (Å²) in [5, 5.41) is 11.6. The molecule has 32 heavy (non-hydrogen) atoms. The van der Waals surface area contributed by atoms with Gasteiger partial charge in [0, 0.05) is 0 Å². The molecule has 0 unspecified atom stereocenters. The number of carbonyl (C=O) groups is 2. The molecule has 0 aliphatic heterocycles. The van der Waals surface area contributed by atoms with Gasteiger partial charge in [-0.25, -0.2) is 9.59 Å². The topological polar surface area (TPSA) is 117 Å². The second-order valence-electron chi connectivity index (χ2n) is 6.17. The summed E-state index contributed by atoms with van der Waals surface area (Å²) in [6.45, 7) is -0.240. The molecule has 9 nitrogen and oxygen atoms in total. The number of thiocarbonyl (C=S) groups is 1. The predicted octanol–water partition coefficient (Wildman–Crippen LogP) is 4.57. The molecule has 0 aliphatic carbocycles. The summed E-state index contributed by atoms with van der Waals surface area (Å²) in [5.74, 6) is -1.14. The van der Waals surface area contributed by atoms with Gasteiger partial charge in [0.25, 0.3) is 5.09 Å². The maximum absolute atomic E-state index is 12.6. The van der Waals surface area contributed by atoms with E-state index in [0.29, 0.717) is 11.3 Å². The second-order valence-corrected chi connectivity index (χ2v) is 6.35. The number of aliphatic imine (C=N–C) groups is 1. The molecule has 0 saturated heterocycles. The first-order valence-corrected chi connectivity index (χ1v) is 9.44. The van der Waals surface area contributed by atoms with Gasteiger partial charge in [0.15, 0.2) is 0 Å². The predicted molar refractivity (Wildman–Crippen MR) is 116 cm³/mol. The van der Waals surface area contributed by atoms with E-state index in [1.165, 1.54) is 36.4 Å². The molecule has 0 N–H and O–H groups in total. The van der Waals surface area contributed by atoms with Crippen LogP contribution in [0, 0.1) is 10.1 Å². The monoisotopic (exact) mass is 450 g/mol. The number of nitrogens with zero attached hydrogens (tertiary/aromatic N) is 2. The van der Waals surface area contributed by atoms with Crippen molar-refractivity contribution in [1.29, 1.82) is 0 Å². The number of hydrogen-bond donors (Lipinski definition) is 0. The molecule has 0 saturated carbocycles. The molecule has 0 fully saturated rings. The number of isothiocyanates is 1. The zero-order chi connectivity index (χ0) is 22.9. The second kappa shape index (κ2) is 10.6. The molecule has 3 aromatic carbocycles. The zero-order valence-electron chi connectivity index (χ0n) is 16.3. The average Bonchev–Trinajstić information content (AvgIpc) is 2.80. The number of para-hydroxylation sites is 1. The first kappa shape index (κ1) is 22.3. The Morgan fingerprint density at radius 3 is 2.28 bits per heavy atom. The van der Waals surface area contributed by atoms with Gasteiger partial charge in [-0.15, -0.1) is 10.1 Å². The molecular weight excluding hydrogens is 436 g/mol. The van der Waals surface area contributed by atoms with Gasteiger partial charge in [-0.05, 0) is 66.3 Å². The lowest BCUT2D eigenvalue weighted by atomic mass is 10.1. The summed E-state index contributed by atoms with van der Waals surface area (Å²) in [7, 11) is 0. The van der Waals surface area contributed by atoms with Gasteiger partial charge in [-0.3, -0.25) is 0 Å². The summed E-state index contributed by atoms with van der Waals surface area (Å²) in [4.78, 5) is 43.4. The fraction of sp³-hybridized carbons (Fsp3) is 0.0455. The van der Waals surface area contributed by atoms with Gasteiger partial charge in [-0.1, -0.05) is 24.3 Å². The Morgan fingerprint density at radius 1 is 0.938 bits per heavy atom. The van der Waals surface area contributed by atoms with Gasteiger partial charge in [0.2, 0.25) is 0 Å². The quantitative estimate of drug-likeness (QED) is 0.122. The van der Waals surface area contributed by atoms with E-state index >= 15 is 0 Å². The standard InChI is InChI=1S/C22H14N2O7S/c25-21(16-7-5-15(6-8-16)13-29-24(27)28)31-20-4-2-1-3-19(20)22(26)30-18-11-9-17(10-12-18)23-14-32/h1-12H,13H2. The Hall–Kier alpha value is -4.40. The molecule has 0 bridgehead atoms. The van der Waals surface area contributed by atoms with Crippen LogP contribution >= 0.6 is 12.2 Å². The minimum atomic E-state index is -0.903. The van der Waals surface area contributed by atoms with Crippen molar-refractivity contribution in [3.8, 4) is 11.5 Å². The first-order valence-electron chi connectivity index (χ1n) is 9.04. The number of benzene rings is 3. The van der Waals surface area contributed by atoms with Gasteiger partial charge in [0.05, 0.1) is 16.4 Å². The lowest BCUT2D eigenvalue weighted by Gasteiger charge is -2.10. The molecule has 0 aliphatic rings. The molecule has 0 radical (unpaired) electrons. The van der Waals surface area contributed by atoms with E-state index in [1.54, 1.807) is 36.4 Å². The Balaban J connectivity index is 1.70. The van der Waals surface area contributed by atoms with Gasteiger partial charge in [0.1, 0.15) is 23.7 Å². The number of ether oxygens (including phenoxy) is 2. The Labute approximate surface area is 187 Å². The highest BCUT2D eigenvalue weighted by Gasteiger charge is 2.18. The van der Waals surface area contributed by atoms with Gasteiger partial charge in [-0.2, -0.15) is 4.99 Å². The molecule has 0 heterocycles. The molecule has 0 amide bonds. The first-order chi connectivity index (χ1) is 15.5. The summed E-state index contributed by atoms with van der Waals surface area (Å²) < 4.78 is 10.7. The van der Waals surface area contributed by atoms with Crippen molar-refractivity contribution < 1.29 is 29.0 Å². The smallest absolute Gasteiger partial charge is 0.347 e. The third kappa shape index (κ3) is 6.05. The van der Waals surface area contributed by atoms with Crippen LogP contribution in [0.3, 0.4) is 0 Å². The number of rotatable bonds is 8. The number of esters is 2. The van der Waals surface area contributed by atoms with E-state index in [4.69, 9.17) is 9.47 Å². The fourth-order valence-corrected chi connectivity index (χ4v) is 2.66. The number of carbonyl (C=O) groups excluding carboxylic acids is 2. The van der Waals surface area contributed by atoms with Crippen LogP contribution in [-0.2, 0) is 11.4 Å². The summed E-state index contributed by atoms with van der Waals surface area (Å²) in [6, 6.07) is 18.3. The van der Waals surface area contributed by atoms with Crippen LogP contribution in [0.5, 0.6) is 11.5 Å². The summed E-state index contributed by atoms with van der Waals surface area (Å²) in [5.41, 5.74) is 1.31. The molecule has 0 atom stereocenters. The molecule has 3 rings (SSSR count). The maximum atomic E-state index is 12.6. The number of hydrogen-bond acceptors (Lipinski definition) is 9. The molecule has 0 spiro atoms. The van der Waals surface area contributed by atoms with Crippen LogP contribution in [0.25, 0.3) is 0 Å². The van der Waals surface area contributed by atoms with Crippen molar-refractivity contribution in [3.05, 3.63) is 99.6 Å². The molecular formula is C22H14N2O7S. The molecule has 0 aromatic heterocycles. The average molecular weight is 450 g/mol. The highest BCUT2D eigenvalue weighted by atomic mass is 32.1. The zero-order valence-corrected chi connectivity index (χ0v) is 17.1. The lowest BCUT2D eigenvalue weighted by Crippen LogP contribution is -2.14. The van der Waals surface area contributed by atoms with Crippen LogP contribution in [-0.4, -0.2) is 22.2 Å². The van der Waals surface area contributed by atoms with Gasteiger partial charge < -0.3 is 14.3 Å². The Bertz CT molecular complexity index is 1190. The molecule has 160 valence electrons. The Morgan fingerprint density at radius 2 is 1.62 bits per heavy atom. The van der Waals surface area contributed by atoms with Gasteiger partial charge >= 0.3 is 11.9 Å². The van der Waals surface area contributed by atoms with E-state index in [2.05, 4.69) is 27.2 Å². The van der Waals surface area contributed by atoms with E-state index in [-0.39, 0.29) is 29.2 Å². The van der Waals surface area contributed by atoms with Crippen molar-refractivity contribution in [2.75, 3.05) is 0 Å². The SMILES string of the molecule is O=C(Oc1ccccc1C(=O)Oc1ccc(N=C=S)cc1)c1ccc(CO[N+](=O)[O-])cc1. The van der Waals surface area contributed by atoms with Crippen molar-refractivity contribution in [2.45, 2.75) is 6.61 Å². The Kier molecular flexibility index (Phi) is 7.37. The van der Waals surface area contributed by atoms with Crippen molar-refractivity contribution in [2.24, 2.45) is 4.99 Å². The maximum Gasteiger partial charge on any atom is 0.347 e. The lowest BCUT2D eigenvalue weighted by molar-refractivity contribution is -0.763. The fourth-order valence-electron chi connectivity index (χ4n) is 2.55. The minimum absolute atomic E-state index is 0.0187. The molecule has 10 heteroatoms. The highest BCUT2D eigenvalue weighted by Crippen LogP contribution is 2.23. The van der Waals surface area contributed by atoms with E-state index < -0.39 is 17.0 Å². The van der Waals surface area contributed by atoms with E-state index in [1.807, 2.05) is 0 Å². The largest absolute Gasteiger partial charge is 0.423 e. The van der Waals surface area contributed by atoms with Crippen LogP contribution in [0.2, 0.25) is 0 Å². The van der Waals surface area contributed by atoms with E-state index in [0.717, 1.165) is 0 Å². The summed E-state index contributed by atoms with van der Waals surface area (Å²) >= 11 is 4.54. The third-order valence-electron chi connectivity index (χ3n) is 4.06. The molecule has 3 aromatic rings. The van der Waals surface area contributed by atoms with Crippen molar-refractivity contribution in [3.63, 3.8) is 0 Å². The third-order valence-corrected chi connectivity index (χ3v) is 4.15. The van der Waals surface area contributed by atoms with Crippen LogP contribution < -0.4 is 9.47 Å². The summed E-state index contributed by atoms with van der Waals surface area (Å²) in [6.07, 6.45) is 0. The van der Waals surface area contributed by atoms with Crippen LogP contribution in [0.4, 0.5) is 5.69 Å². The van der Waals surface area contributed by atoms with Crippen LogP contribution in [0.1, 0.15) is 26.3 Å². The minimum Gasteiger partial charge on any atom is -0.423 e. The van der Waals surface area contributed by atoms with Crippen molar-refractivity contribution >= 4 is 35.0 Å². The normalized spacial score (nSPS) is 9.88. The van der Waals surface area contributed by atoms with E-state index in [9.17, 15) is 19.7 Å².